The van der Waals surface area contributed by atoms with Gasteiger partial charge in [0.15, 0.2) is 5.82 Å². The SMILES string of the molecule is CCCNc1nc(-c2cc(OC)cc(OC)c2)ncc1I. The minimum Gasteiger partial charge on any atom is -0.497 e. The highest BCUT2D eigenvalue weighted by molar-refractivity contribution is 14.1. The van der Waals surface area contributed by atoms with Crippen LogP contribution < -0.4 is 14.8 Å². The van der Waals surface area contributed by atoms with Gasteiger partial charge in [-0.1, -0.05) is 6.92 Å². The van der Waals surface area contributed by atoms with Crippen LogP contribution in [0.25, 0.3) is 11.4 Å². The molecule has 0 amide bonds. The van der Waals surface area contributed by atoms with Crippen LogP contribution in [0.4, 0.5) is 5.82 Å². The number of nitrogens with one attached hydrogen (secondary N) is 1. The van der Waals surface area contributed by atoms with Crippen molar-refractivity contribution in [3.63, 3.8) is 0 Å². The van der Waals surface area contributed by atoms with Gasteiger partial charge in [-0.2, -0.15) is 0 Å². The van der Waals surface area contributed by atoms with Crippen molar-refractivity contribution in [2.75, 3.05) is 26.1 Å². The summed E-state index contributed by atoms with van der Waals surface area (Å²) in [5.74, 6) is 2.93. The Hall–Kier alpha value is -1.57. The van der Waals surface area contributed by atoms with Crippen molar-refractivity contribution in [1.82, 2.24) is 9.97 Å². The topological polar surface area (TPSA) is 56.3 Å². The molecule has 0 unspecified atom stereocenters. The van der Waals surface area contributed by atoms with Crippen molar-refractivity contribution < 1.29 is 9.47 Å². The molecule has 1 aromatic heterocycles. The van der Waals surface area contributed by atoms with Crippen LogP contribution in [0.15, 0.2) is 24.4 Å². The van der Waals surface area contributed by atoms with Gasteiger partial charge < -0.3 is 14.8 Å². The van der Waals surface area contributed by atoms with Crippen LogP contribution in [0.1, 0.15) is 13.3 Å². The fourth-order valence-electron chi connectivity index (χ4n) is 1.81. The first-order valence-corrected chi connectivity index (χ1v) is 7.75. The van der Waals surface area contributed by atoms with E-state index in [1.165, 1.54) is 0 Å². The molecule has 0 spiro atoms. The average Bonchev–Trinajstić information content (AvgIpc) is 2.53. The van der Waals surface area contributed by atoms with Gasteiger partial charge in [0, 0.05) is 24.4 Å². The highest BCUT2D eigenvalue weighted by Crippen LogP contribution is 2.29. The van der Waals surface area contributed by atoms with Crippen molar-refractivity contribution in [2.24, 2.45) is 0 Å². The van der Waals surface area contributed by atoms with E-state index in [0.717, 1.165) is 39.4 Å². The number of aromatic nitrogens is 2. The lowest BCUT2D eigenvalue weighted by Crippen LogP contribution is -2.05. The Morgan fingerprint density at radius 2 is 1.81 bits per heavy atom. The van der Waals surface area contributed by atoms with Crippen LogP contribution in [0, 0.1) is 3.57 Å². The first-order chi connectivity index (χ1) is 10.2. The molecule has 1 aromatic carbocycles. The highest BCUT2D eigenvalue weighted by Gasteiger charge is 2.09. The van der Waals surface area contributed by atoms with E-state index in [4.69, 9.17) is 9.47 Å². The van der Waals surface area contributed by atoms with Gasteiger partial charge in [-0.15, -0.1) is 0 Å². The second-order valence-corrected chi connectivity index (χ2v) is 5.58. The molecule has 0 fully saturated rings. The van der Waals surface area contributed by atoms with Gasteiger partial charge >= 0.3 is 0 Å². The lowest BCUT2D eigenvalue weighted by molar-refractivity contribution is 0.394. The molecule has 21 heavy (non-hydrogen) atoms. The van der Waals surface area contributed by atoms with Crippen LogP contribution in [0.5, 0.6) is 11.5 Å². The summed E-state index contributed by atoms with van der Waals surface area (Å²) in [6, 6.07) is 5.62. The third-order valence-corrected chi connectivity index (χ3v) is 3.69. The molecule has 0 aliphatic heterocycles. The molecule has 0 atom stereocenters. The minimum atomic E-state index is 0.645. The van der Waals surface area contributed by atoms with Crippen LogP contribution >= 0.6 is 22.6 Å². The number of anilines is 1. The van der Waals surface area contributed by atoms with E-state index < -0.39 is 0 Å². The molecule has 0 bridgehead atoms. The molecule has 5 nitrogen and oxygen atoms in total. The quantitative estimate of drug-likeness (QED) is 0.753. The van der Waals surface area contributed by atoms with Crippen molar-refractivity contribution in [2.45, 2.75) is 13.3 Å². The van der Waals surface area contributed by atoms with Gasteiger partial charge in [-0.3, -0.25) is 0 Å². The molecular formula is C15H18IN3O2. The van der Waals surface area contributed by atoms with Gasteiger partial charge in [0.05, 0.1) is 17.8 Å². The summed E-state index contributed by atoms with van der Waals surface area (Å²) in [5, 5.41) is 3.31. The maximum absolute atomic E-state index is 5.29. The Kier molecular flexibility index (Phi) is 5.60. The van der Waals surface area contributed by atoms with E-state index >= 15 is 0 Å². The number of halogens is 1. The monoisotopic (exact) mass is 399 g/mol. The molecule has 112 valence electrons. The Morgan fingerprint density at radius 3 is 2.38 bits per heavy atom. The highest BCUT2D eigenvalue weighted by atomic mass is 127. The summed E-state index contributed by atoms with van der Waals surface area (Å²) < 4.78 is 11.6. The molecule has 0 aliphatic carbocycles. The normalized spacial score (nSPS) is 10.3. The fraction of sp³-hybridized carbons (Fsp3) is 0.333. The maximum atomic E-state index is 5.29. The molecule has 0 saturated carbocycles. The van der Waals surface area contributed by atoms with Gasteiger partial charge in [0.2, 0.25) is 0 Å². The van der Waals surface area contributed by atoms with E-state index in [9.17, 15) is 0 Å². The molecular weight excluding hydrogens is 381 g/mol. The van der Waals surface area contributed by atoms with E-state index in [-0.39, 0.29) is 0 Å². The van der Waals surface area contributed by atoms with Crippen molar-refractivity contribution in [3.05, 3.63) is 28.0 Å². The predicted molar refractivity (Wildman–Crippen MR) is 92.1 cm³/mol. The summed E-state index contributed by atoms with van der Waals surface area (Å²) in [6.45, 7) is 3.00. The number of hydrogen-bond acceptors (Lipinski definition) is 5. The predicted octanol–water partition coefficient (Wildman–Crippen LogP) is 3.59. The van der Waals surface area contributed by atoms with Crippen LogP contribution in [0.3, 0.4) is 0 Å². The summed E-state index contributed by atoms with van der Waals surface area (Å²) >= 11 is 2.23. The third-order valence-electron chi connectivity index (χ3n) is 2.90. The summed E-state index contributed by atoms with van der Waals surface area (Å²) in [4.78, 5) is 8.99. The van der Waals surface area contributed by atoms with Gasteiger partial charge in [-0.05, 0) is 41.1 Å². The number of rotatable bonds is 6. The molecule has 0 radical (unpaired) electrons. The minimum absolute atomic E-state index is 0.645. The lowest BCUT2D eigenvalue weighted by atomic mass is 10.2. The lowest BCUT2D eigenvalue weighted by Gasteiger charge is -2.10. The van der Waals surface area contributed by atoms with E-state index in [1.807, 2.05) is 24.4 Å². The van der Waals surface area contributed by atoms with Crippen molar-refractivity contribution in [1.29, 1.82) is 0 Å². The summed E-state index contributed by atoms with van der Waals surface area (Å²) in [5.41, 5.74) is 0.863. The number of benzene rings is 1. The van der Waals surface area contributed by atoms with Crippen molar-refractivity contribution in [3.8, 4) is 22.9 Å². The number of hydrogen-bond donors (Lipinski definition) is 1. The first kappa shape index (κ1) is 15.8. The Labute approximate surface area is 138 Å². The molecule has 6 heteroatoms. The molecule has 1 N–H and O–H groups in total. The van der Waals surface area contributed by atoms with Gasteiger partial charge in [0.25, 0.3) is 0 Å². The zero-order valence-corrected chi connectivity index (χ0v) is 14.5. The molecule has 0 aliphatic rings. The largest absolute Gasteiger partial charge is 0.497 e. The number of ether oxygens (including phenoxy) is 2. The second-order valence-electron chi connectivity index (χ2n) is 4.42. The Morgan fingerprint density at radius 1 is 1.14 bits per heavy atom. The van der Waals surface area contributed by atoms with E-state index in [0.29, 0.717) is 5.82 Å². The fourth-order valence-corrected chi connectivity index (χ4v) is 2.26. The zero-order chi connectivity index (χ0) is 15.2. The number of methoxy groups -OCH3 is 2. The smallest absolute Gasteiger partial charge is 0.161 e. The van der Waals surface area contributed by atoms with Crippen LogP contribution in [0.2, 0.25) is 0 Å². The van der Waals surface area contributed by atoms with E-state index in [2.05, 4.69) is 44.8 Å². The summed E-state index contributed by atoms with van der Waals surface area (Å²) in [6.07, 6.45) is 2.86. The average molecular weight is 399 g/mol. The standard InChI is InChI=1S/C15H18IN3O2/c1-4-5-17-15-13(16)9-18-14(19-15)10-6-11(20-2)8-12(7-10)21-3/h6-9H,4-5H2,1-3H3,(H,17,18,19). The van der Waals surface area contributed by atoms with E-state index in [1.54, 1.807) is 14.2 Å². The Balaban J connectivity index is 2.41. The van der Waals surface area contributed by atoms with Gasteiger partial charge in [0.1, 0.15) is 17.3 Å². The van der Waals surface area contributed by atoms with Crippen LogP contribution in [-0.4, -0.2) is 30.7 Å². The second kappa shape index (κ2) is 7.44. The Bertz CT molecular complexity index is 598. The maximum Gasteiger partial charge on any atom is 0.161 e. The molecule has 0 saturated heterocycles. The molecule has 2 aromatic rings. The number of nitrogens with zero attached hydrogens (tertiary/aromatic N) is 2. The molecule has 1 heterocycles. The molecule has 2 rings (SSSR count). The summed E-state index contributed by atoms with van der Waals surface area (Å²) in [7, 11) is 3.25. The zero-order valence-electron chi connectivity index (χ0n) is 12.3. The van der Waals surface area contributed by atoms with Gasteiger partial charge in [-0.25, -0.2) is 9.97 Å². The first-order valence-electron chi connectivity index (χ1n) is 6.67. The van der Waals surface area contributed by atoms with Crippen molar-refractivity contribution >= 4 is 28.4 Å². The third kappa shape index (κ3) is 3.96. The van der Waals surface area contributed by atoms with Crippen LogP contribution in [-0.2, 0) is 0 Å².